The lowest BCUT2D eigenvalue weighted by molar-refractivity contribution is -0.138. The Balaban J connectivity index is 1.68. The molecule has 0 aromatic heterocycles. The van der Waals surface area contributed by atoms with Gasteiger partial charge in [0.15, 0.2) is 0 Å². The number of nitrogens with zero attached hydrogens (tertiary/aromatic N) is 2. The van der Waals surface area contributed by atoms with Crippen LogP contribution < -0.4 is 0 Å². The second-order valence-electron chi connectivity index (χ2n) is 8.82. The van der Waals surface area contributed by atoms with Crippen molar-refractivity contribution >= 4 is 12.0 Å². The zero-order chi connectivity index (χ0) is 19.6. The van der Waals surface area contributed by atoms with Crippen molar-refractivity contribution in [3.05, 3.63) is 35.4 Å². The van der Waals surface area contributed by atoms with Crippen LogP contribution in [0.25, 0.3) is 0 Å². The number of aryl methyl sites for hydroxylation is 1. The van der Waals surface area contributed by atoms with Gasteiger partial charge < -0.3 is 14.5 Å². The van der Waals surface area contributed by atoms with E-state index in [0.29, 0.717) is 13.1 Å². The lowest BCUT2D eigenvalue weighted by Crippen LogP contribution is -2.48. The standard InChI is InChI=1S/C22H32N2O3/c1-22(2,3)27-21(26)24-14-8-11-17(15-24)20(25)23(4)19-13-7-10-16-9-5-6-12-18(16)19/h5-6,9,12,17,19H,7-8,10-11,13-15H2,1-4H3/t17-,19+/m0/s1. The smallest absolute Gasteiger partial charge is 0.410 e. The third-order valence-corrected chi connectivity index (χ3v) is 5.58. The second kappa shape index (κ2) is 7.91. The Morgan fingerprint density at radius 3 is 2.63 bits per heavy atom. The zero-order valence-corrected chi connectivity index (χ0v) is 17.0. The Labute approximate surface area is 162 Å². The van der Waals surface area contributed by atoms with E-state index in [4.69, 9.17) is 4.74 Å². The number of hydrogen-bond acceptors (Lipinski definition) is 3. The number of rotatable bonds is 2. The first-order chi connectivity index (χ1) is 12.8. The second-order valence-corrected chi connectivity index (χ2v) is 8.82. The molecule has 27 heavy (non-hydrogen) atoms. The van der Waals surface area contributed by atoms with Crippen molar-refractivity contribution in [2.75, 3.05) is 20.1 Å². The Hall–Kier alpha value is -2.04. The number of ether oxygens (including phenoxy) is 1. The molecule has 2 aliphatic rings. The van der Waals surface area contributed by atoms with Crippen LogP contribution in [0.5, 0.6) is 0 Å². The van der Waals surface area contributed by atoms with E-state index in [9.17, 15) is 9.59 Å². The highest BCUT2D eigenvalue weighted by molar-refractivity contribution is 5.80. The van der Waals surface area contributed by atoms with E-state index in [2.05, 4.69) is 24.3 Å². The van der Waals surface area contributed by atoms with Crippen molar-refractivity contribution in [3.63, 3.8) is 0 Å². The maximum absolute atomic E-state index is 13.2. The first-order valence-electron chi connectivity index (χ1n) is 10.1. The molecule has 1 saturated heterocycles. The molecule has 1 aliphatic heterocycles. The maximum Gasteiger partial charge on any atom is 0.410 e. The number of fused-ring (bicyclic) bond motifs is 1. The average molecular weight is 373 g/mol. The van der Waals surface area contributed by atoms with Crippen LogP contribution in [0.2, 0.25) is 0 Å². The Kier molecular flexibility index (Phi) is 5.78. The minimum Gasteiger partial charge on any atom is -0.444 e. The summed E-state index contributed by atoms with van der Waals surface area (Å²) in [7, 11) is 1.92. The van der Waals surface area contributed by atoms with Crippen LogP contribution in [-0.2, 0) is 16.0 Å². The lowest BCUT2D eigenvalue weighted by Gasteiger charge is -2.38. The van der Waals surface area contributed by atoms with Crippen LogP contribution in [0, 0.1) is 5.92 Å². The van der Waals surface area contributed by atoms with E-state index in [1.807, 2.05) is 32.7 Å². The molecule has 1 heterocycles. The van der Waals surface area contributed by atoms with Crippen LogP contribution >= 0.6 is 0 Å². The Bertz CT molecular complexity index is 695. The minimum atomic E-state index is -0.517. The molecule has 0 radical (unpaired) electrons. The van der Waals surface area contributed by atoms with Gasteiger partial charge >= 0.3 is 6.09 Å². The molecule has 0 bridgehead atoms. The monoisotopic (exact) mass is 372 g/mol. The summed E-state index contributed by atoms with van der Waals surface area (Å²) in [5, 5.41) is 0. The van der Waals surface area contributed by atoms with Crippen molar-refractivity contribution in [2.45, 2.75) is 64.5 Å². The number of hydrogen-bond donors (Lipinski definition) is 0. The topological polar surface area (TPSA) is 49.9 Å². The summed E-state index contributed by atoms with van der Waals surface area (Å²) in [5.74, 6) is -0.00433. The molecular formula is C22H32N2O3. The normalized spacial score (nSPS) is 22.7. The summed E-state index contributed by atoms with van der Waals surface area (Å²) >= 11 is 0. The lowest BCUT2D eigenvalue weighted by atomic mass is 9.86. The van der Waals surface area contributed by atoms with E-state index >= 15 is 0 Å². The van der Waals surface area contributed by atoms with Crippen LogP contribution in [0.3, 0.4) is 0 Å². The molecule has 0 N–H and O–H groups in total. The molecule has 1 aromatic rings. The summed E-state index contributed by atoms with van der Waals surface area (Å²) in [5.41, 5.74) is 2.11. The van der Waals surface area contributed by atoms with E-state index in [1.54, 1.807) is 4.90 Å². The number of amides is 2. The van der Waals surface area contributed by atoms with Gasteiger partial charge in [-0.25, -0.2) is 4.79 Å². The van der Waals surface area contributed by atoms with Gasteiger partial charge in [0.05, 0.1) is 12.0 Å². The largest absolute Gasteiger partial charge is 0.444 e. The van der Waals surface area contributed by atoms with Gasteiger partial charge in [-0.15, -0.1) is 0 Å². The van der Waals surface area contributed by atoms with Gasteiger partial charge in [0.1, 0.15) is 5.60 Å². The van der Waals surface area contributed by atoms with Crippen molar-refractivity contribution < 1.29 is 14.3 Å². The Morgan fingerprint density at radius 1 is 1.15 bits per heavy atom. The summed E-state index contributed by atoms with van der Waals surface area (Å²) < 4.78 is 5.49. The highest BCUT2D eigenvalue weighted by Gasteiger charge is 2.35. The van der Waals surface area contributed by atoms with Gasteiger partial charge in [-0.2, -0.15) is 0 Å². The van der Waals surface area contributed by atoms with Gasteiger partial charge in [-0.1, -0.05) is 24.3 Å². The molecule has 0 saturated carbocycles. The highest BCUT2D eigenvalue weighted by atomic mass is 16.6. The fourth-order valence-electron chi connectivity index (χ4n) is 4.24. The van der Waals surface area contributed by atoms with Crippen molar-refractivity contribution in [3.8, 4) is 0 Å². The molecular weight excluding hydrogens is 340 g/mol. The van der Waals surface area contributed by atoms with E-state index in [-0.39, 0.29) is 24.0 Å². The van der Waals surface area contributed by atoms with Crippen LogP contribution in [-0.4, -0.2) is 47.5 Å². The Morgan fingerprint density at radius 2 is 1.89 bits per heavy atom. The van der Waals surface area contributed by atoms with Crippen molar-refractivity contribution in [1.82, 2.24) is 9.80 Å². The molecule has 148 valence electrons. The molecule has 5 nitrogen and oxygen atoms in total. The van der Waals surface area contributed by atoms with Crippen LogP contribution in [0.4, 0.5) is 4.79 Å². The van der Waals surface area contributed by atoms with Gasteiger partial charge in [0.2, 0.25) is 5.91 Å². The van der Waals surface area contributed by atoms with E-state index in [1.165, 1.54) is 11.1 Å². The van der Waals surface area contributed by atoms with Gasteiger partial charge in [-0.05, 0) is 64.0 Å². The molecule has 1 fully saturated rings. The number of benzene rings is 1. The number of likely N-dealkylation sites (tertiary alicyclic amines) is 1. The first-order valence-corrected chi connectivity index (χ1v) is 10.1. The van der Waals surface area contributed by atoms with Crippen LogP contribution in [0.15, 0.2) is 24.3 Å². The SMILES string of the molecule is CN(C(=O)[C@H]1CCCN(C(=O)OC(C)(C)C)C1)[C@@H]1CCCc2ccccc21. The third kappa shape index (κ3) is 4.63. The molecule has 5 heteroatoms. The molecule has 1 aromatic carbocycles. The maximum atomic E-state index is 13.2. The molecule has 2 amide bonds. The average Bonchev–Trinajstić information content (AvgIpc) is 2.65. The molecule has 3 rings (SSSR count). The number of piperidine rings is 1. The summed E-state index contributed by atoms with van der Waals surface area (Å²) in [4.78, 5) is 29.2. The number of carbonyl (C=O) groups excluding carboxylic acids is 2. The van der Waals surface area contributed by atoms with Crippen LogP contribution in [0.1, 0.15) is 63.6 Å². The van der Waals surface area contributed by atoms with E-state index in [0.717, 1.165) is 32.1 Å². The molecule has 0 unspecified atom stereocenters. The summed E-state index contributed by atoms with van der Waals surface area (Å²) in [6, 6.07) is 8.59. The molecule has 1 aliphatic carbocycles. The fourth-order valence-corrected chi connectivity index (χ4v) is 4.24. The quantitative estimate of drug-likeness (QED) is 0.783. The van der Waals surface area contributed by atoms with E-state index < -0.39 is 5.60 Å². The predicted octanol–water partition coefficient (Wildman–Crippen LogP) is 4.17. The predicted molar refractivity (Wildman–Crippen MR) is 105 cm³/mol. The van der Waals surface area contributed by atoms with Gasteiger partial charge in [0.25, 0.3) is 0 Å². The molecule has 2 atom stereocenters. The third-order valence-electron chi connectivity index (χ3n) is 5.58. The zero-order valence-electron chi connectivity index (χ0n) is 17.0. The number of carbonyl (C=O) groups is 2. The van der Waals surface area contributed by atoms with Gasteiger partial charge in [-0.3, -0.25) is 4.79 Å². The highest BCUT2D eigenvalue weighted by Crippen LogP contribution is 2.35. The van der Waals surface area contributed by atoms with Crippen molar-refractivity contribution in [2.24, 2.45) is 5.92 Å². The fraction of sp³-hybridized carbons (Fsp3) is 0.636. The summed E-state index contributed by atoms with van der Waals surface area (Å²) in [6.45, 7) is 6.71. The van der Waals surface area contributed by atoms with Crippen molar-refractivity contribution in [1.29, 1.82) is 0 Å². The van der Waals surface area contributed by atoms with Gasteiger partial charge in [0, 0.05) is 20.1 Å². The summed E-state index contributed by atoms with van der Waals surface area (Å²) in [6.07, 6.45) is 4.55. The molecule has 0 spiro atoms. The first kappa shape index (κ1) is 19.7. The minimum absolute atomic E-state index is 0.138.